The number of nitrogens with zero attached hydrogens (tertiary/aromatic N) is 2. The number of morpholine rings is 1. The van der Waals surface area contributed by atoms with Crippen LogP contribution in [0.15, 0.2) is 48.5 Å². The second-order valence-electron chi connectivity index (χ2n) is 11.6. The molecule has 1 aliphatic heterocycles. The van der Waals surface area contributed by atoms with E-state index in [4.69, 9.17) is 9.47 Å². The summed E-state index contributed by atoms with van der Waals surface area (Å²) in [5.41, 5.74) is 0.875. The van der Waals surface area contributed by atoms with Gasteiger partial charge in [-0.05, 0) is 69.9 Å². The van der Waals surface area contributed by atoms with E-state index in [1.165, 1.54) is 28.0 Å². The third kappa shape index (κ3) is 7.18. The fourth-order valence-corrected chi connectivity index (χ4v) is 5.36. The molecule has 2 aromatic rings. The van der Waals surface area contributed by atoms with Crippen LogP contribution < -0.4 is 10.2 Å². The predicted molar refractivity (Wildman–Crippen MR) is 150 cm³/mol. The maximum atomic E-state index is 14.6. The molecule has 2 aliphatic rings. The molecule has 0 radical (unpaired) electrons. The van der Waals surface area contributed by atoms with Crippen molar-refractivity contribution in [1.82, 2.24) is 10.2 Å². The summed E-state index contributed by atoms with van der Waals surface area (Å²) in [6.07, 6.45) is 4.26. The Morgan fingerprint density at radius 1 is 1.07 bits per heavy atom. The van der Waals surface area contributed by atoms with Gasteiger partial charge >= 0.3 is 6.09 Å². The maximum Gasteiger partial charge on any atom is 0.411 e. The van der Waals surface area contributed by atoms with E-state index in [0.29, 0.717) is 5.56 Å². The first kappa shape index (κ1) is 29.5. The van der Waals surface area contributed by atoms with E-state index in [1.54, 1.807) is 26.8 Å². The second-order valence-corrected chi connectivity index (χ2v) is 11.6. The molecule has 1 N–H and O–H groups in total. The first-order valence-corrected chi connectivity index (χ1v) is 14.1. The van der Waals surface area contributed by atoms with Crippen LogP contribution in [-0.2, 0) is 19.1 Å². The van der Waals surface area contributed by atoms with Crippen LogP contribution in [0.25, 0.3) is 0 Å². The molecule has 9 heteroatoms. The van der Waals surface area contributed by atoms with Crippen LogP contribution in [0.2, 0.25) is 0 Å². The molecular weight excluding hydrogens is 513 g/mol. The molecular formula is C31H40FN3O5. The number of carbonyl (C=O) groups is 3. The Hall–Kier alpha value is -3.46. The molecule has 1 saturated carbocycles. The summed E-state index contributed by atoms with van der Waals surface area (Å²) >= 11 is 0. The monoisotopic (exact) mass is 553 g/mol. The zero-order valence-electron chi connectivity index (χ0n) is 23.8. The molecule has 3 amide bonds. The smallest absolute Gasteiger partial charge is 0.411 e. The SMILES string of the molecule is Cc1ccccc1[C@@H](C(=O)NC1CCCCC1)N(C(=O)[C@@H]1COCCN1C(=O)OC(C)(C)C)c1cccc(F)c1. The standard InChI is InChI=1S/C31H40FN3O5/c1-21-11-8-9-16-25(21)27(28(36)33-23-13-6-5-7-14-23)35(24-15-10-12-22(32)19-24)29(37)26-20-39-18-17-34(26)30(38)40-31(2,3)4/h8-12,15-16,19,23,26-27H,5-7,13-14,17-18,20H2,1-4H3,(H,33,36)/t26-,27-/m0/s1. The molecule has 8 nitrogen and oxygen atoms in total. The number of aryl methyl sites for hydroxylation is 1. The highest BCUT2D eigenvalue weighted by Gasteiger charge is 2.43. The lowest BCUT2D eigenvalue weighted by Crippen LogP contribution is -2.59. The molecule has 40 heavy (non-hydrogen) atoms. The van der Waals surface area contributed by atoms with Gasteiger partial charge in [0.2, 0.25) is 5.91 Å². The number of hydrogen-bond donors (Lipinski definition) is 1. The van der Waals surface area contributed by atoms with Gasteiger partial charge in [-0.15, -0.1) is 0 Å². The first-order valence-electron chi connectivity index (χ1n) is 14.1. The van der Waals surface area contributed by atoms with Crippen molar-refractivity contribution in [1.29, 1.82) is 0 Å². The van der Waals surface area contributed by atoms with Crippen molar-refractivity contribution in [2.75, 3.05) is 24.7 Å². The lowest BCUT2D eigenvalue weighted by Gasteiger charge is -2.40. The highest BCUT2D eigenvalue weighted by Crippen LogP contribution is 2.33. The fraction of sp³-hybridized carbons (Fsp3) is 0.516. The van der Waals surface area contributed by atoms with Crippen LogP contribution >= 0.6 is 0 Å². The fourth-order valence-electron chi connectivity index (χ4n) is 5.36. The minimum absolute atomic E-state index is 0.00601. The van der Waals surface area contributed by atoms with E-state index < -0.39 is 35.5 Å². The van der Waals surface area contributed by atoms with Gasteiger partial charge in [-0.3, -0.25) is 19.4 Å². The van der Waals surface area contributed by atoms with Gasteiger partial charge in [0.15, 0.2) is 0 Å². The van der Waals surface area contributed by atoms with E-state index in [-0.39, 0.29) is 37.4 Å². The van der Waals surface area contributed by atoms with Gasteiger partial charge < -0.3 is 14.8 Å². The second kappa shape index (κ2) is 12.8. The molecule has 0 spiro atoms. The summed E-state index contributed by atoms with van der Waals surface area (Å²) in [7, 11) is 0. The lowest BCUT2D eigenvalue weighted by molar-refractivity contribution is -0.133. The first-order chi connectivity index (χ1) is 19.0. The van der Waals surface area contributed by atoms with Gasteiger partial charge in [0.25, 0.3) is 5.91 Å². The minimum Gasteiger partial charge on any atom is -0.444 e. The normalized spacial score (nSPS) is 19.0. The average molecular weight is 554 g/mol. The number of benzene rings is 2. The van der Waals surface area contributed by atoms with Gasteiger partial charge in [-0.1, -0.05) is 49.6 Å². The summed E-state index contributed by atoms with van der Waals surface area (Å²) in [5, 5.41) is 3.17. The van der Waals surface area contributed by atoms with Crippen molar-refractivity contribution in [2.45, 2.75) is 83.5 Å². The number of amides is 3. The quantitative estimate of drug-likeness (QED) is 0.525. The van der Waals surface area contributed by atoms with Crippen molar-refractivity contribution in [3.05, 3.63) is 65.5 Å². The molecule has 2 aromatic carbocycles. The van der Waals surface area contributed by atoms with E-state index in [9.17, 15) is 18.8 Å². The van der Waals surface area contributed by atoms with Crippen molar-refractivity contribution in [3.8, 4) is 0 Å². The van der Waals surface area contributed by atoms with Crippen molar-refractivity contribution in [2.24, 2.45) is 0 Å². The van der Waals surface area contributed by atoms with Gasteiger partial charge in [0.1, 0.15) is 23.5 Å². The molecule has 216 valence electrons. The summed E-state index contributed by atoms with van der Waals surface area (Å²) < 4.78 is 25.8. The Morgan fingerprint density at radius 2 is 1.80 bits per heavy atom. The van der Waals surface area contributed by atoms with Crippen LogP contribution in [0.1, 0.15) is 70.0 Å². The summed E-state index contributed by atoms with van der Waals surface area (Å²) in [4.78, 5) is 44.5. The largest absolute Gasteiger partial charge is 0.444 e. The number of carbonyl (C=O) groups excluding carboxylic acids is 3. The molecule has 0 unspecified atom stereocenters. The Morgan fingerprint density at radius 3 is 2.48 bits per heavy atom. The van der Waals surface area contributed by atoms with E-state index in [2.05, 4.69) is 5.32 Å². The Balaban J connectivity index is 1.79. The van der Waals surface area contributed by atoms with E-state index >= 15 is 0 Å². The highest BCUT2D eigenvalue weighted by atomic mass is 19.1. The summed E-state index contributed by atoms with van der Waals surface area (Å²) in [6, 6.07) is 10.8. The number of rotatable bonds is 6. The van der Waals surface area contributed by atoms with E-state index in [1.807, 2.05) is 31.2 Å². The topological polar surface area (TPSA) is 88.2 Å². The Kier molecular flexibility index (Phi) is 9.45. The van der Waals surface area contributed by atoms with Gasteiger partial charge in [0.05, 0.1) is 13.2 Å². The van der Waals surface area contributed by atoms with Crippen molar-refractivity contribution < 1.29 is 28.2 Å². The molecule has 2 atom stereocenters. The number of nitrogens with one attached hydrogen (secondary N) is 1. The molecule has 1 aliphatic carbocycles. The molecule has 1 saturated heterocycles. The number of halogens is 1. The summed E-state index contributed by atoms with van der Waals surface area (Å²) in [6.45, 7) is 7.45. The lowest BCUT2D eigenvalue weighted by atomic mass is 9.93. The van der Waals surface area contributed by atoms with Crippen LogP contribution in [0, 0.1) is 12.7 Å². The third-order valence-corrected chi connectivity index (χ3v) is 7.31. The predicted octanol–water partition coefficient (Wildman–Crippen LogP) is 5.29. The Labute approximate surface area is 235 Å². The molecule has 0 bridgehead atoms. The Bertz CT molecular complexity index is 1210. The van der Waals surface area contributed by atoms with Gasteiger partial charge in [-0.2, -0.15) is 0 Å². The highest BCUT2D eigenvalue weighted by molar-refractivity contribution is 6.05. The zero-order valence-corrected chi connectivity index (χ0v) is 23.8. The number of ether oxygens (including phenoxy) is 2. The zero-order chi connectivity index (χ0) is 28.9. The minimum atomic E-state index is -1.10. The van der Waals surface area contributed by atoms with Crippen molar-refractivity contribution in [3.63, 3.8) is 0 Å². The molecule has 1 heterocycles. The van der Waals surface area contributed by atoms with Gasteiger partial charge in [-0.25, -0.2) is 9.18 Å². The number of anilines is 1. The summed E-state index contributed by atoms with van der Waals surface area (Å²) in [5.74, 6) is -1.45. The molecule has 0 aromatic heterocycles. The van der Waals surface area contributed by atoms with Crippen LogP contribution in [0.4, 0.5) is 14.9 Å². The maximum absolute atomic E-state index is 14.6. The van der Waals surface area contributed by atoms with Crippen molar-refractivity contribution >= 4 is 23.6 Å². The van der Waals surface area contributed by atoms with E-state index in [0.717, 1.165) is 37.7 Å². The molecule has 2 fully saturated rings. The number of hydrogen-bond acceptors (Lipinski definition) is 5. The molecule has 4 rings (SSSR count). The van der Waals surface area contributed by atoms with Crippen LogP contribution in [0.5, 0.6) is 0 Å². The van der Waals surface area contributed by atoms with Gasteiger partial charge in [0, 0.05) is 18.3 Å². The van der Waals surface area contributed by atoms with Crippen LogP contribution in [-0.4, -0.2) is 60.3 Å². The third-order valence-electron chi connectivity index (χ3n) is 7.31. The van der Waals surface area contributed by atoms with Crippen LogP contribution in [0.3, 0.4) is 0 Å². The average Bonchev–Trinajstić information content (AvgIpc) is 2.91.